The van der Waals surface area contributed by atoms with E-state index < -0.39 is 10.0 Å². The summed E-state index contributed by atoms with van der Waals surface area (Å²) in [4.78, 5) is 13.4. The molecule has 2 aromatic rings. The van der Waals surface area contributed by atoms with Crippen molar-refractivity contribution < 1.29 is 22.7 Å². The quantitative estimate of drug-likeness (QED) is 0.414. The molecule has 0 aliphatic carbocycles. The predicted octanol–water partition coefficient (Wildman–Crippen LogP) is 2.59. The molecule has 0 radical (unpaired) electrons. The fourth-order valence-electron chi connectivity index (χ4n) is 2.48. The van der Waals surface area contributed by atoms with Gasteiger partial charge in [-0.1, -0.05) is 12.1 Å². The van der Waals surface area contributed by atoms with Gasteiger partial charge in [-0.25, -0.2) is 13.1 Å². The van der Waals surface area contributed by atoms with Crippen molar-refractivity contribution in [1.29, 1.82) is 0 Å². The van der Waals surface area contributed by atoms with Gasteiger partial charge in [-0.15, -0.1) is 11.8 Å². The molecular formula is C20H26N2O5S2. The van der Waals surface area contributed by atoms with Crippen molar-refractivity contribution >= 4 is 27.7 Å². The first kappa shape index (κ1) is 23.2. The Balaban J connectivity index is 1.85. The minimum atomic E-state index is -3.60. The zero-order chi connectivity index (χ0) is 21.3. The minimum Gasteiger partial charge on any atom is -0.484 e. The lowest BCUT2D eigenvalue weighted by Gasteiger charge is -2.15. The van der Waals surface area contributed by atoms with Crippen molar-refractivity contribution in [2.24, 2.45) is 0 Å². The van der Waals surface area contributed by atoms with Gasteiger partial charge < -0.3 is 14.8 Å². The molecule has 0 aliphatic rings. The smallest absolute Gasteiger partial charge is 0.258 e. The Kier molecular flexibility index (Phi) is 8.97. The summed E-state index contributed by atoms with van der Waals surface area (Å²) in [6, 6.07) is 13.7. The highest BCUT2D eigenvalue weighted by atomic mass is 32.2. The van der Waals surface area contributed by atoms with Gasteiger partial charge in [-0.05, 0) is 55.1 Å². The molecule has 0 unspecified atom stereocenters. The SMILES string of the molecule is COCCNS(=O)(=O)c1ccc(OCC(=O)N[C@H](C)c2ccc(SC)cc2)cc1. The molecule has 0 spiro atoms. The van der Waals surface area contributed by atoms with Gasteiger partial charge in [-0.3, -0.25) is 4.79 Å². The average Bonchev–Trinajstić information content (AvgIpc) is 2.72. The number of thioether (sulfide) groups is 1. The van der Waals surface area contributed by atoms with Crippen LogP contribution in [0.15, 0.2) is 58.3 Å². The molecule has 2 aromatic carbocycles. The molecular weight excluding hydrogens is 412 g/mol. The van der Waals surface area contributed by atoms with E-state index in [1.807, 2.05) is 37.4 Å². The normalized spacial score (nSPS) is 12.4. The van der Waals surface area contributed by atoms with E-state index in [1.54, 1.807) is 11.8 Å². The summed E-state index contributed by atoms with van der Waals surface area (Å²) in [7, 11) is -2.10. The first-order chi connectivity index (χ1) is 13.9. The van der Waals surface area contributed by atoms with Crippen molar-refractivity contribution in [3.05, 3.63) is 54.1 Å². The maximum Gasteiger partial charge on any atom is 0.258 e. The number of nitrogens with one attached hydrogen (secondary N) is 2. The second-order valence-corrected chi connectivity index (χ2v) is 8.86. The molecule has 7 nitrogen and oxygen atoms in total. The van der Waals surface area contributed by atoms with E-state index >= 15 is 0 Å². The Morgan fingerprint density at radius 1 is 1.10 bits per heavy atom. The van der Waals surface area contributed by atoms with Crippen LogP contribution in [0, 0.1) is 0 Å². The number of hydrogen-bond acceptors (Lipinski definition) is 6. The Bertz CT molecular complexity index is 884. The summed E-state index contributed by atoms with van der Waals surface area (Å²) in [5.74, 6) is 0.150. The molecule has 1 amide bonds. The molecule has 0 fully saturated rings. The van der Waals surface area contributed by atoms with Crippen LogP contribution in [0.4, 0.5) is 0 Å². The fourth-order valence-corrected chi connectivity index (χ4v) is 3.91. The highest BCUT2D eigenvalue weighted by Crippen LogP contribution is 2.19. The molecule has 29 heavy (non-hydrogen) atoms. The van der Waals surface area contributed by atoms with Crippen LogP contribution in [-0.4, -0.2) is 47.4 Å². The minimum absolute atomic E-state index is 0.118. The number of ether oxygens (including phenoxy) is 2. The van der Waals surface area contributed by atoms with Crippen LogP contribution in [0.3, 0.4) is 0 Å². The van der Waals surface area contributed by atoms with Crippen molar-refractivity contribution in [3.8, 4) is 5.75 Å². The van der Waals surface area contributed by atoms with E-state index in [0.29, 0.717) is 5.75 Å². The van der Waals surface area contributed by atoms with Gasteiger partial charge in [0.2, 0.25) is 10.0 Å². The van der Waals surface area contributed by atoms with E-state index in [1.165, 1.54) is 31.4 Å². The summed E-state index contributed by atoms with van der Waals surface area (Å²) in [6.07, 6.45) is 2.01. The van der Waals surface area contributed by atoms with Crippen LogP contribution in [-0.2, 0) is 19.6 Å². The van der Waals surface area contributed by atoms with Crippen LogP contribution in [0.5, 0.6) is 5.75 Å². The third-order valence-corrected chi connectivity index (χ3v) is 6.32. The van der Waals surface area contributed by atoms with E-state index in [9.17, 15) is 13.2 Å². The third-order valence-electron chi connectivity index (χ3n) is 4.10. The summed E-state index contributed by atoms with van der Waals surface area (Å²) < 4.78 is 36.9. The molecule has 0 heterocycles. The Morgan fingerprint density at radius 2 is 1.76 bits per heavy atom. The lowest BCUT2D eigenvalue weighted by atomic mass is 10.1. The number of methoxy groups -OCH3 is 1. The van der Waals surface area contributed by atoms with Crippen LogP contribution in [0.1, 0.15) is 18.5 Å². The summed E-state index contributed by atoms with van der Waals surface area (Å²) in [5.41, 5.74) is 1.01. The van der Waals surface area contributed by atoms with Crippen LogP contribution in [0.25, 0.3) is 0 Å². The lowest BCUT2D eigenvalue weighted by Crippen LogP contribution is -2.31. The first-order valence-electron chi connectivity index (χ1n) is 9.00. The fraction of sp³-hybridized carbons (Fsp3) is 0.350. The second-order valence-electron chi connectivity index (χ2n) is 6.21. The molecule has 0 saturated carbocycles. The molecule has 1 atom stereocenters. The molecule has 9 heteroatoms. The van der Waals surface area contributed by atoms with E-state index in [2.05, 4.69) is 10.0 Å². The number of carbonyl (C=O) groups excluding carboxylic acids is 1. The zero-order valence-corrected chi connectivity index (χ0v) is 18.3. The van der Waals surface area contributed by atoms with Crippen LogP contribution < -0.4 is 14.8 Å². The van der Waals surface area contributed by atoms with Crippen LogP contribution >= 0.6 is 11.8 Å². The van der Waals surface area contributed by atoms with Gasteiger partial charge >= 0.3 is 0 Å². The molecule has 2 rings (SSSR count). The van der Waals surface area contributed by atoms with Crippen LogP contribution in [0.2, 0.25) is 0 Å². The van der Waals surface area contributed by atoms with Gasteiger partial charge in [0.1, 0.15) is 5.75 Å². The maximum atomic E-state index is 12.1. The lowest BCUT2D eigenvalue weighted by molar-refractivity contribution is -0.123. The summed E-state index contributed by atoms with van der Waals surface area (Å²) in [6.45, 7) is 2.22. The largest absolute Gasteiger partial charge is 0.484 e. The second kappa shape index (κ2) is 11.2. The topological polar surface area (TPSA) is 93.7 Å². The van der Waals surface area contributed by atoms with E-state index in [-0.39, 0.29) is 36.6 Å². The maximum absolute atomic E-state index is 12.1. The predicted molar refractivity (Wildman–Crippen MR) is 114 cm³/mol. The average molecular weight is 439 g/mol. The molecule has 158 valence electrons. The Morgan fingerprint density at radius 3 is 2.34 bits per heavy atom. The van der Waals surface area contributed by atoms with Crippen molar-refractivity contribution in [1.82, 2.24) is 10.0 Å². The van der Waals surface area contributed by atoms with Gasteiger partial charge in [0.15, 0.2) is 6.61 Å². The monoisotopic (exact) mass is 438 g/mol. The number of carbonyl (C=O) groups is 1. The van der Waals surface area contributed by atoms with E-state index in [0.717, 1.165) is 10.5 Å². The van der Waals surface area contributed by atoms with Crippen molar-refractivity contribution in [2.75, 3.05) is 33.1 Å². The molecule has 0 bridgehead atoms. The van der Waals surface area contributed by atoms with Gasteiger partial charge in [0, 0.05) is 18.6 Å². The molecule has 2 N–H and O–H groups in total. The highest BCUT2D eigenvalue weighted by Gasteiger charge is 2.14. The van der Waals surface area contributed by atoms with E-state index in [4.69, 9.17) is 9.47 Å². The Labute approximate surface area is 176 Å². The molecule has 0 aliphatic heterocycles. The zero-order valence-electron chi connectivity index (χ0n) is 16.7. The number of sulfonamides is 1. The molecule has 0 aromatic heterocycles. The number of benzene rings is 2. The summed E-state index contributed by atoms with van der Waals surface area (Å²) >= 11 is 1.66. The van der Waals surface area contributed by atoms with Gasteiger partial charge in [-0.2, -0.15) is 0 Å². The Hall–Kier alpha value is -2.07. The standard InChI is InChI=1S/C20H26N2O5S2/c1-15(16-4-8-18(28-3)9-5-16)22-20(23)14-27-17-6-10-19(11-7-17)29(24,25)21-12-13-26-2/h4-11,15,21H,12-14H2,1-3H3,(H,22,23)/t15-/m1/s1. The molecule has 0 saturated heterocycles. The van der Waals surface area contributed by atoms with Gasteiger partial charge in [0.05, 0.1) is 17.5 Å². The first-order valence-corrected chi connectivity index (χ1v) is 11.7. The summed E-state index contributed by atoms with van der Waals surface area (Å²) in [5, 5.41) is 2.88. The van der Waals surface area contributed by atoms with Gasteiger partial charge in [0.25, 0.3) is 5.91 Å². The number of rotatable bonds is 11. The highest BCUT2D eigenvalue weighted by molar-refractivity contribution is 7.98. The van der Waals surface area contributed by atoms with Crippen molar-refractivity contribution in [3.63, 3.8) is 0 Å². The van der Waals surface area contributed by atoms with Crippen molar-refractivity contribution in [2.45, 2.75) is 22.8 Å². The third kappa shape index (κ3) is 7.36. The number of amides is 1. The number of hydrogen-bond donors (Lipinski definition) is 2.